The van der Waals surface area contributed by atoms with Crippen molar-refractivity contribution in [3.8, 4) is 0 Å². The monoisotopic (exact) mass is 190 g/mol. The van der Waals surface area contributed by atoms with E-state index in [2.05, 4.69) is 11.1 Å². The van der Waals surface area contributed by atoms with Crippen molar-refractivity contribution in [1.82, 2.24) is 4.98 Å². The van der Waals surface area contributed by atoms with Crippen LogP contribution in [-0.2, 0) is 11.2 Å². The lowest BCUT2D eigenvalue weighted by Crippen LogP contribution is -2.41. The summed E-state index contributed by atoms with van der Waals surface area (Å²) in [6.07, 6.45) is 3.64. The molecule has 1 aliphatic heterocycles. The first-order valence-electron chi connectivity index (χ1n) is 4.87. The second kappa shape index (κ2) is 3.40. The predicted octanol–water partition coefficient (Wildman–Crippen LogP) is 1.42. The minimum atomic E-state index is 0.0115. The van der Waals surface area contributed by atoms with Crippen LogP contribution in [0.2, 0.25) is 0 Å². The summed E-state index contributed by atoms with van der Waals surface area (Å²) >= 11 is 0. The lowest BCUT2D eigenvalue weighted by Gasteiger charge is -2.33. The molecule has 1 aromatic heterocycles. The van der Waals surface area contributed by atoms with Gasteiger partial charge in [-0.15, -0.1) is 0 Å². The van der Waals surface area contributed by atoms with E-state index in [1.54, 1.807) is 13.1 Å². The van der Waals surface area contributed by atoms with Gasteiger partial charge in [0.15, 0.2) is 5.78 Å². The third-order valence-corrected chi connectivity index (χ3v) is 2.83. The molecule has 2 heterocycles. The van der Waals surface area contributed by atoms with Gasteiger partial charge < -0.3 is 4.90 Å². The van der Waals surface area contributed by atoms with E-state index < -0.39 is 0 Å². The molecule has 14 heavy (non-hydrogen) atoms. The van der Waals surface area contributed by atoms with Crippen LogP contribution in [0.25, 0.3) is 0 Å². The number of nitrogens with zero attached hydrogens (tertiary/aromatic N) is 2. The van der Waals surface area contributed by atoms with E-state index in [9.17, 15) is 4.79 Å². The van der Waals surface area contributed by atoms with Gasteiger partial charge in [0.1, 0.15) is 5.82 Å². The van der Waals surface area contributed by atoms with Crippen LogP contribution in [0.4, 0.5) is 5.82 Å². The highest BCUT2D eigenvalue weighted by molar-refractivity contribution is 5.85. The number of aryl methyl sites for hydroxylation is 1. The Morgan fingerprint density at radius 2 is 2.43 bits per heavy atom. The van der Waals surface area contributed by atoms with E-state index in [1.165, 1.54) is 5.56 Å². The molecule has 0 spiro atoms. The van der Waals surface area contributed by atoms with E-state index >= 15 is 0 Å². The molecule has 3 nitrogen and oxygen atoms in total. The van der Waals surface area contributed by atoms with Crippen molar-refractivity contribution >= 4 is 11.6 Å². The third kappa shape index (κ3) is 1.39. The number of hydrogen-bond donors (Lipinski definition) is 0. The first kappa shape index (κ1) is 9.19. The molecule has 74 valence electrons. The van der Waals surface area contributed by atoms with Crippen molar-refractivity contribution in [2.75, 3.05) is 11.9 Å². The van der Waals surface area contributed by atoms with Gasteiger partial charge in [-0.05, 0) is 31.4 Å². The molecular formula is C11H14N2O. The minimum absolute atomic E-state index is 0.0115. The molecule has 1 aromatic rings. The largest absolute Gasteiger partial charge is 0.349 e. The smallest absolute Gasteiger partial charge is 0.152 e. The van der Waals surface area contributed by atoms with Gasteiger partial charge in [-0.2, -0.15) is 0 Å². The van der Waals surface area contributed by atoms with E-state index in [1.807, 2.05) is 18.0 Å². The number of hydrogen-bond acceptors (Lipinski definition) is 3. The van der Waals surface area contributed by atoms with E-state index in [0.717, 1.165) is 18.7 Å². The Kier molecular flexibility index (Phi) is 2.23. The van der Waals surface area contributed by atoms with Gasteiger partial charge in [0.25, 0.3) is 0 Å². The van der Waals surface area contributed by atoms with Crippen LogP contribution < -0.4 is 4.90 Å². The average molecular weight is 190 g/mol. The van der Waals surface area contributed by atoms with Gasteiger partial charge in [0.05, 0.1) is 6.04 Å². The number of fused-ring (bicyclic) bond motifs is 1. The second-order valence-corrected chi connectivity index (χ2v) is 3.76. The first-order valence-corrected chi connectivity index (χ1v) is 4.87. The van der Waals surface area contributed by atoms with Gasteiger partial charge in [-0.25, -0.2) is 4.98 Å². The molecule has 0 saturated heterocycles. The molecule has 0 saturated carbocycles. The third-order valence-electron chi connectivity index (χ3n) is 2.83. The number of likely N-dealkylation sites (N-methyl/N-ethyl adjacent to an activating group) is 1. The number of rotatable bonds is 1. The van der Waals surface area contributed by atoms with Crippen molar-refractivity contribution in [2.45, 2.75) is 25.8 Å². The first-order chi connectivity index (χ1) is 6.70. The van der Waals surface area contributed by atoms with Crippen molar-refractivity contribution in [3.63, 3.8) is 0 Å². The molecule has 0 N–H and O–H groups in total. The SMILES string of the molecule is CC(=O)C1CCc2cccnc2N1C. The second-order valence-electron chi connectivity index (χ2n) is 3.76. The number of pyridine rings is 1. The van der Waals surface area contributed by atoms with Crippen LogP contribution in [0.3, 0.4) is 0 Å². The highest BCUT2D eigenvalue weighted by Crippen LogP contribution is 2.26. The molecule has 0 fully saturated rings. The summed E-state index contributed by atoms with van der Waals surface area (Å²) < 4.78 is 0. The molecule has 1 aliphatic rings. The van der Waals surface area contributed by atoms with Crippen molar-refractivity contribution in [3.05, 3.63) is 23.9 Å². The summed E-state index contributed by atoms with van der Waals surface area (Å²) in [5.41, 5.74) is 1.24. The number of Topliss-reactive ketones (excluding diaryl/α,β-unsaturated/α-hetero) is 1. The van der Waals surface area contributed by atoms with Gasteiger partial charge >= 0.3 is 0 Å². The van der Waals surface area contributed by atoms with Crippen molar-refractivity contribution in [2.24, 2.45) is 0 Å². The van der Waals surface area contributed by atoms with Crippen LogP contribution in [-0.4, -0.2) is 23.9 Å². The molecule has 0 amide bonds. The fourth-order valence-electron chi connectivity index (χ4n) is 2.05. The number of anilines is 1. The van der Waals surface area contributed by atoms with Gasteiger partial charge in [0, 0.05) is 13.2 Å². The quantitative estimate of drug-likeness (QED) is 0.671. The Hall–Kier alpha value is -1.38. The number of carbonyl (C=O) groups excluding carboxylic acids is 1. The van der Waals surface area contributed by atoms with Crippen LogP contribution in [0.1, 0.15) is 18.9 Å². The zero-order valence-electron chi connectivity index (χ0n) is 8.53. The van der Waals surface area contributed by atoms with E-state index in [0.29, 0.717) is 0 Å². The molecule has 0 radical (unpaired) electrons. The lowest BCUT2D eigenvalue weighted by atomic mass is 9.97. The fourth-order valence-corrected chi connectivity index (χ4v) is 2.05. The zero-order valence-corrected chi connectivity index (χ0v) is 8.53. The molecule has 0 bridgehead atoms. The molecule has 3 heteroatoms. The van der Waals surface area contributed by atoms with Gasteiger partial charge in [0.2, 0.25) is 0 Å². The Labute approximate surface area is 83.8 Å². The van der Waals surface area contributed by atoms with E-state index in [4.69, 9.17) is 0 Å². The summed E-state index contributed by atoms with van der Waals surface area (Å²) in [6.45, 7) is 1.65. The van der Waals surface area contributed by atoms with Gasteiger partial charge in [-0.3, -0.25) is 4.79 Å². The summed E-state index contributed by atoms with van der Waals surface area (Å²) in [5.74, 6) is 1.18. The maximum Gasteiger partial charge on any atom is 0.152 e. The zero-order chi connectivity index (χ0) is 10.1. The Bertz CT molecular complexity index is 362. The summed E-state index contributed by atoms with van der Waals surface area (Å²) in [4.78, 5) is 17.6. The molecular weight excluding hydrogens is 176 g/mol. The number of carbonyl (C=O) groups is 1. The Morgan fingerprint density at radius 3 is 3.14 bits per heavy atom. The van der Waals surface area contributed by atoms with Crippen molar-refractivity contribution < 1.29 is 4.79 Å². The summed E-state index contributed by atoms with van der Waals surface area (Å²) in [6, 6.07) is 4.04. The maximum absolute atomic E-state index is 11.3. The highest BCUT2D eigenvalue weighted by Gasteiger charge is 2.26. The van der Waals surface area contributed by atoms with Crippen LogP contribution >= 0.6 is 0 Å². The Morgan fingerprint density at radius 1 is 1.64 bits per heavy atom. The maximum atomic E-state index is 11.3. The van der Waals surface area contributed by atoms with Crippen LogP contribution in [0, 0.1) is 0 Å². The highest BCUT2D eigenvalue weighted by atomic mass is 16.1. The molecule has 1 atom stereocenters. The average Bonchev–Trinajstić information content (AvgIpc) is 2.18. The summed E-state index contributed by atoms with van der Waals surface area (Å²) in [5, 5.41) is 0. The fraction of sp³-hybridized carbons (Fsp3) is 0.455. The standard InChI is InChI=1S/C11H14N2O/c1-8(14)10-6-5-9-4-3-7-12-11(9)13(10)2/h3-4,7,10H,5-6H2,1-2H3. The lowest BCUT2D eigenvalue weighted by molar-refractivity contribution is -0.118. The Balaban J connectivity index is 2.36. The topological polar surface area (TPSA) is 33.2 Å². The predicted molar refractivity (Wildman–Crippen MR) is 55.4 cm³/mol. The van der Waals surface area contributed by atoms with Crippen LogP contribution in [0.15, 0.2) is 18.3 Å². The minimum Gasteiger partial charge on any atom is -0.349 e. The molecule has 0 aliphatic carbocycles. The number of ketones is 1. The van der Waals surface area contributed by atoms with Gasteiger partial charge in [-0.1, -0.05) is 6.07 Å². The van der Waals surface area contributed by atoms with Crippen LogP contribution in [0.5, 0.6) is 0 Å². The van der Waals surface area contributed by atoms with E-state index in [-0.39, 0.29) is 11.8 Å². The normalized spacial score (nSPS) is 20.4. The number of aromatic nitrogens is 1. The molecule has 0 aromatic carbocycles. The molecule has 1 unspecified atom stereocenters. The van der Waals surface area contributed by atoms with Crippen molar-refractivity contribution in [1.29, 1.82) is 0 Å². The summed E-state index contributed by atoms with van der Waals surface area (Å²) in [7, 11) is 1.94. The molecule has 2 rings (SSSR count).